The Morgan fingerprint density at radius 2 is 1.29 bits per heavy atom. The number of ether oxygens (including phenoxy) is 2. The van der Waals surface area contributed by atoms with Crippen LogP contribution in [0.2, 0.25) is 0 Å². The first-order valence-electron chi connectivity index (χ1n) is 14.2. The smallest absolute Gasteiger partial charge is 0.0993 e. The van der Waals surface area contributed by atoms with Crippen LogP contribution in [0.4, 0.5) is 0 Å². The number of aliphatic imine (C=N–C) groups is 1. The molecular weight excluding hydrogens is 430 g/mol. The van der Waals surface area contributed by atoms with Gasteiger partial charge in [0.25, 0.3) is 0 Å². The zero-order chi connectivity index (χ0) is 24.4. The maximum absolute atomic E-state index is 6.35. The molecule has 0 fully saturated rings. The standard InChI is InChI=1S/C32H47NO2/c1-2-3-4-5-6-7-8-9-10-17-22-30-23-24-32(35-26-29-20-15-12-16-21-29)31(33-30)27-34-25-28-18-13-11-14-19-28/h11-16,18-21,31-32H,2-10,17,22-27H2,1H3/t31-,32+/m0/s1. The molecule has 0 unspecified atom stereocenters. The first kappa shape index (κ1) is 27.6. The van der Waals surface area contributed by atoms with E-state index in [1.165, 1.54) is 81.0 Å². The first-order chi connectivity index (χ1) is 17.3. The van der Waals surface area contributed by atoms with Gasteiger partial charge in [0.15, 0.2) is 0 Å². The second-order valence-electron chi connectivity index (χ2n) is 10.1. The lowest BCUT2D eigenvalue weighted by atomic mass is 9.96. The first-order valence-corrected chi connectivity index (χ1v) is 14.2. The van der Waals surface area contributed by atoms with Crippen molar-refractivity contribution in [2.45, 2.75) is 116 Å². The minimum absolute atomic E-state index is 0.0919. The van der Waals surface area contributed by atoms with Crippen molar-refractivity contribution in [1.29, 1.82) is 0 Å². The highest BCUT2D eigenvalue weighted by Crippen LogP contribution is 2.23. The molecule has 0 saturated heterocycles. The summed E-state index contributed by atoms with van der Waals surface area (Å²) in [7, 11) is 0. The predicted octanol–water partition coefficient (Wildman–Crippen LogP) is 8.70. The molecule has 3 nitrogen and oxygen atoms in total. The van der Waals surface area contributed by atoms with Crippen LogP contribution in [-0.4, -0.2) is 24.5 Å². The lowest BCUT2D eigenvalue weighted by Gasteiger charge is -2.30. The van der Waals surface area contributed by atoms with E-state index < -0.39 is 0 Å². The van der Waals surface area contributed by atoms with Crippen molar-refractivity contribution in [3.05, 3.63) is 71.8 Å². The summed E-state index contributed by atoms with van der Waals surface area (Å²) in [4.78, 5) is 5.15. The Kier molecular flexibility index (Phi) is 13.8. The molecule has 0 N–H and O–H groups in total. The van der Waals surface area contributed by atoms with Gasteiger partial charge in [-0.2, -0.15) is 0 Å². The third-order valence-corrected chi connectivity index (χ3v) is 7.02. The minimum Gasteiger partial charge on any atom is -0.374 e. The van der Waals surface area contributed by atoms with Crippen molar-refractivity contribution in [2.75, 3.05) is 6.61 Å². The van der Waals surface area contributed by atoms with Crippen LogP contribution in [0.15, 0.2) is 65.7 Å². The van der Waals surface area contributed by atoms with Gasteiger partial charge in [-0.15, -0.1) is 0 Å². The average molecular weight is 478 g/mol. The van der Waals surface area contributed by atoms with E-state index in [0.717, 1.165) is 19.3 Å². The summed E-state index contributed by atoms with van der Waals surface area (Å²) in [5.41, 5.74) is 3.80. The molecule has 0 spiro atoms. The molecule has 0 saturated carbocycles. The van der Waals surface area contributed by atoms with Crippen molar-refractivity contribution in [2.24, 2.45) is 4.99 Å². The fraction of sp³-hybridized carbons (Fsp3) is 0.594. The zero-order valence-corrected chi connectivity index (χ0v) is 22.0. The van der Waals surface area contributed by atoms with Crippen LogP contribution in [0.1, 0.15) is 102 Å². The van der Waals surface area contributed by atoms with Gasteiger partial charge in [0.1, 0.15) is 0 Å². The van der Waals surface area contributed by atoms with Crippen LogP contribution in [0.5, 0.6) is 0 Å². The van der Waals surface area contributed by atoms with Gasteiger partial charge in [-0.1, -0.05) is 125 Å². The largest absolute Gasteiger partial charge is 0.374 e. The van der Waals surface area contributed by atoms with Crippen molar-refractivity contribution >= 4 is 5.71 Å². The van der Waals surface area contributed by atoms with Gasteiger partial charge in [-0.3, -0.25) is 4.99 Å². The molecule has 1 aliphatic rings. The molecule has 0 radical (unpaired) electrons. The number of unbranched alkanes of at least 4 members (excludes halogenated alkanes) is 9. The molecule has 2 aromatic rings. The minimum atomic E-state index is 0.0919. The normalized spacial score (nSPS) is 17.9. The van der Waals surface area contributed by atoms with E-state index in [2.05, 4.69) is 61.5 Å². The fourth-order valence-electron chi connectivity index (χ4n) is 4.88. The van der Waals surface area contributed by atoms with E-state index in [9.17, 15) is 0 Å². The Morgan fingerprint density at radius 1 is 0.714 bits per heavy atom. The van der Waals surface area contributed by atoms with Crippen molar-refractivity contribution < 1.29 is 9.47 Å². The van der Waals surface area contributed by atoms with Crippen LogP contribution in [0.3, 0.4) is 0 Å². The summed E-state index contributed by atoms with van der Waals surface area (Å²) in [5.74, 6) is 0. The van der Waals surface area contributed by atoms with E-state index >= 15 is 0 Å². The quantitative estimate of drug-likeness (QED) is 0.201. The molecule has 2 aromatic carbocycles. The summed E-state index contributed by atoms with van der Waals surface area (Å²) < 4.78 is 12.5. The molecule has 3 heteroatoms. The molecule has 2 atom stereocenters. The highest BCUT2D eigenvalue weighted by Gasteiger charge is 2.27. The Bertz CT molecular complexity index is 805. The van der Waals surface area contributed by atoms with Crippen LogP contribution in [0, 0.1) is 0 Å². The Morgan fingerprint density at radius 3 is 1.91 bits per heavy atom. The molecule has 1 aliphatic heterocycles. The summed E-state index contributed by atoms with van der Waals surface area (Å²) >= 11 is 0. The second-order valence-corrected chi connectivity index (χ2v) is 10.1. The highest BCUT2D eigenvalue weighted by molar-refractivity contribution is 5.85. The summed E-state index contributed by atoms with van der Waals surface area (Å²) in [6.45, 7) is 4.18. The third-order valence-electron chi connectivity index (χ3n) is 7.02. The maximum Gasteiger partial charge on any atom is 0.0993 e. The number of nitrogens with zero attached hydrogens (tertiary/aromatic N) is 1. The molecule has 0 aliphatic carbocycles. The second kappa shape index (κ2) is 17.5. The predicted molar refractivity (Wildman–Crippen MR) is 148 cm³/mol. The monoisotopic (exact) mass is 477 g/mol. The van der Waals surface area contributed by atoms with Gasteiger partial charge in [0, 0.05) is 5.71 Å². The lowest BCUT2D eigenvalue weighted by Crippen LogP contribution is -2.36. The highest BCUT2D eigenvalue weighted by atomic mass is 16.5. The third kappa shape index (κ3) is 11.5. The molecule has 0 bridgehead atoms. The van der Waals surface area contributed by atoms with Crippen molar-refractivity contribution in [1.82, 2.24) is 0 Å². The number of benzene rings is 2. The Balaban J connectivity index is 1.41. The average Bonchev–Trinajstić information content (AvgIpc) is 2.90. The molecule has 3 rings (SSSR count). The van der Waals surface area contributed by atoms with Crippen LogP contribution in [-0.2, 0) is 22.7 Å². The van der Waals surface area contributed by atoms with Crippen molar-refractivity contribution in [3.8, 4) is 0 Å². The van der Waals surface area contributed by atoms with E-state index in [4.69, 9.17) is 14.5 Å². The topological polar surface area (TPSA) is 30.8 Å². The Hall–Kier alpha value is -1.97. The summed E-state index contributed by atoms with van der Waals surface area (Å²) in [6, 6.07) is 20.9. The van der Waals surface area contributed by atoms with Crippen LogP contribution < -0.4 is 0 Å². The summed E-state index contributed by atoms with van der Waals surface area (Å²) in [5, 5.41) is 0. The van der Waals surface area contributed by atoms with E-state index in [0.29, 0.717) is 19.8 Å². The van der Waals surface area contributed by atoms with Gasteiger partial charge < -0.3 is 9.47 Å². The van der Waals surface area contributed by atoms with Crippen molar-refractivity contribution in [3.63, 3.8) is 0 Å². The Labute approximate surface area is 214 Å². The fourth-order valence-corrected chi connectivity index (χ4v) is 4.88. The van der Waals surface area contributed by atoms with Crippen LogP contribution in [0.25, 0.3) is 0 Å². The zero-order valence-electron chi connectivity index (χ0n) is 22.0. The number of hydrogen-bond donors (Lipinski definition) is 0. The summed E-state index contributed by atoms with van der Waals surface area (Å²) in [6.07, 6.45) is 17.1. The number of rotatable bonds is 18. The molecule has 192 valence electrons. The van der Waals surface area contributed by atoms with E-state index in [-0.39, 0.29) is 12.1 Å². The lowest BCUT2D eigenvalue weighted by molar-refractivity contribution is -0.0116. The van der Waals surface area contributed by atoms with E-state index in [1.807, 2.05) is 6.07 Å². The molecule has 0 amide bonds. The van der Waals surface area contributed by atoms with Gasteiger partial charge in [0.05, 0.1) is 32.0 Å². The molecule has 1 heterocycles. The SMILES string of the molecule is CCCCCCCCCCCCC1=N[C@@H](COCc2ccccc2)[C@H](OCc2ccccc2)CC1. The van der Waals surface area contributed by atoms with Gasteiger partial charge in [-0.05, 0) is 36.8 Å². The number of hydrogen-bond acceptors (Lipinski definition) is 3. The van der Waals surface area contributed by atoms with Gasteiger partial charge in [0.2, 0.25) is 0 Å². The van der Waals surface area contributed by atoms with Crippen LogP contribution >= 0.6 is 0 Å². The molecule has 35 heavy (non-hydrogen) atoms. The van der Waals surface area contributed by atoms with Gasteiger partial charge >= 0.3 is 0 Å². The van der Waals surface area contributed by atoms with Gasteiger partial charge in [-0.25, -0.2) is 0 Å². The maximum atomic E-state index is 6.35. The molecule has 0 aromatic heterocycles. The molecular formula is C32H47NO2. The van der Waals surface area contributed by atoms with E-state index in [1.54, 1.807) is 0 Å².